The maximum Gasteiger partial charge on any atom is 0.271 e. The van der Waals surface area contributed by atoms with Gasteiger partial charge in [-0.15, -0.1) is 22.7 Å². The van der Waals surface area contributed by atoms with Gasteiger partial charge in [-0.1, -0.05) is 30.3 Å². The summed E-state index contributed by atoms with van der Waals surface area (Å²) in [7, 11) is 0. The lowest BCUT2D eigenvalue weighted by atomic mass is 10.0. The number of carbonyl (C=O) groups is 1. The predicted molar refractivity (Wildman–Crippen MR) is 104 cm³/mol. The zero-order valence-corrected chi connectivity index (χ0v) is 15.7. The van der Waals surface area contributed by atoms with E-state index in [4.69, 9.17) is 5.73 Å². The molecule has 0 radical (unpaired) electrons. The number of amides is 1. The maximum absolute atomic E-state index is 12.7. The van der Waals surface area contributed by atoms with Crippen LogP contribution in [0.25, 0.3) is 0 Å². The zero-order valence-electron chi connectivity index (χ0n) is 14.1. The molecule has 0 aliphatic rings. The molecule has 1 unspecified atom stereocenters. The summed E-state index contributed by atoms with van der Waals surface area (Å²) in [5.74, 6) is -0.131. The van der Waals surface area contributed by atoms with Crippen molar-refractivity contribution >= 4 is 28.6 Å². The van der Waals surface area contributed by atoms with Gasteiger partial charge in [0, 0.05) is 16.7 Å². The largest absolute Gasteiger partial charge is 0.343 e. The molecule has 130 valence electrons. The van der Waals surface area contributed by atoms with Crippen LogP contribution in [0.15, 0.2) is 47.2 Å². The van der Waals surface area contributed by atoms with Crippen molar-refractivity contribution in [2.45, 2.75) is 25.8 Å². The predicted octanol–water partition coefficient (Wildman–Crippen LogP) is 3.73. The van der Waals surface area contributed by atoms with E-state index in [0.717, 1.165) is 11.4 Å². The number of thiophene rings is 1. The Balaban J connectivity index is 1.79. The van der Waals surface area contributed by atoms with Gasteiger partial charge in [0.2, 0.25) is 0 Å². The summed E-state index contributed by atoms with van der Waals surface area (Å²) in [6, 6.07) is 12.3. The van der Waals surface area contributed by atoms with Gasteiger partial charge in [-0.3, -0.25) is 4.79 Å². The third-order valence-corrected chi connectivity index (χ3v) is 5.99. The average Bonchev–Trinajstić information content (AvgIpc) is 3.25. The van der Waals surface area contributed by atoms with Gasteiger partial charge in [0.05, 0.1) is 11.0 Å². The second kappa shape index (κ2) is 8.38. The molecule has 0 bridgehead atoms. The SMILES string of the molecule is Cc1ccsc1C(Cc1ccccc1)NC(=O)c1csc(CCN)n1. The van der Waals surface area contributed by atoms with Gasteiger partial charge in [-0.2, -0.15) is 0 Å². The number of hydrogen-bond donors (Lipinski definition) is 2. The molecule has 3 N–H and O–H groups in total. The van der Waals surface area contributed by atoms with E-state index in [2.05, 4.69) is 40.8 Å². The number of hydrogen-bond acceptors (Lipinski definition) is 5. The summed E-state index contributed by atoms with van der Waals surface area (Å²) >= 11 is 3.16. The minimum atomic E-state index is -0.131. The molecule has 1 atom stereocenters. The number of nitrogens with two attached hydrogens (primary N) is 1. The molecule has 0 saturated heterocycles. The van der Waals surface area contributed by atoms with Gasteiger partial charge < -0.3 is 11.1 Å². The number of rotatable bonds is 7. The van der Waals surface area contributed by atoms with Crippen molar-refractivity contribution in [2.24, 2.45) is 5.73 Å². The Hall–Kier alpha value is -2.02. The van der Waals surface area contributed by atoms with Gasteiger partial charge in [0.1, 0.15) is 5.69 Å². The van der Waals surface area contributed by atoms with E-state index >= 15 is 0 Å². The smallest absolute Gasteiger partial charge is 0.271 e. The van der Waals surface area contributed by atoms with E-state index in [1.54, 1.807) is 16.7 Å². The van der Waals surface area contributed by atoms with Gasteiger partial charge in [0.15, 0.2) is 0 Å². The van der Waals surface area contributed by atoms with Crippen LogP contribution < -0.4 is 11.1 Å². The Labute approximate surface area is 155 Å². The molecule has 2 heterocycles. The third-order valence-electron chi connectivity index (χ3n) is 3.95. The monoisotopic (exact) mass is 371 g/mol. The number of nitrogens with one attached hydrogen (secondary N) is 1. The van der Waals surface area contributed by atoms with Crippen LogP contribution >= 0.6 is 22.7 Å². The summed E-state index contributed by atoms with van der Waals surface area (Å²) < 4.78 is 0. The molecule has 0 fully saturated rings. The Kier molecular flexibility index (Phi) is 5.96. The zero-order chi connectivity index (χ0) is 17.6. The molecule has 1 amide bonds. The van der Waals surface area contributed by atoms with E-state index in [1.165, 1.54) is 27.3 Å². The first-order valence-electron chi connectivity index (χ1n) is 8.20. The van der Waals surface area contributed by atoms with Crippen molar-refractivity contribution in [3.05, 3.63) is 73.9 Å². The number of nitrogens with zero attached hydrogens (tertiary/aromatic N) is 1. The van der Waals surface area contributed by atoms with Crippen LogP contribution in [0.5, 0.6) is 0 Å². The second-order valence-electron chi connectivity index (χ2n) is 5.85. The van der Waals surface area contributed by atoms with Crippen molar-refractivity contribution in [3.63, 3.8) is 0 Å². The second-order valence-corrected chi connectivity index (χ2v) is 7.74. The van der Waals surface area contributed by atoms with Gasteiger partial charge in [-0.25, -0.2) is 4.98 Å². The minimum Gasteiger partial charge on any atom is -0.343 e. The number of thiazole rings is 1. The van der Waals surface area contributed by atoms with E-state index in [-0.39, 0.29) is 11.9 Å². The van der Waals surface area contributed by atoms with Crippen LogP contribution in [0, 0.1) is 6.92 Å². The molecule has 0 aliphatic carbocycles. The molecule has 0 saturated carbocycles. The van der Waals surface area contributed by atoms with Crippen LogP contribution in [-0.4, -0.2) is 17.4 Å². The molecule has 0 spiro atoms. The van der Waals surface area contributed by atoms with E-state index < -0.39 is 0 Å². The maximum atomic E-state index is 12.7. The Bertz CT molecular complexity index is 826. The van der Waals surface area contributed by atoms with Crippen molar-refractivity contribution < 1.29 is 4.79 Å². The van der Waals surface area contributed by atoms with Crippen LogP contribution in [0.4, 0.5) is 0 Å². The van der Waals surface area contributed by atoms with Gasteiger partial charge >= 0.3 is 0 Å². The molecule has 3 rings (SSSR count). The lowest BCUT2D eigenvalue weighted by Crippen LogP contribution is -2.30. The van der Waals surface area contributed by atoms with E-state index in [0.29, 0.717) is 18.7 Å². The molecule has 0 aliphatic heterocycles. The summed E-state index contributed by atoms with van der Waals surface area (Å²) in [5.41, 5.74) is 8.43. The molecule has 6 heteroatoms. The molecule has 1 aromatic carbocycles. The standard InChI is InChI=1S/C19H21N3OS2/c1-13-8-10-24-18(13)15(11-14-5-3-2-4-6-14)22-19(23)16-12-25-17(21-16)7-9-20/h2-6,8,10,12,15H,7,9,11,20H2,1H3,(H,22,23). The van der Waals surface area contributed by atoms with Gasteiger partial charge in [-0.05, 0) is 42.5 Å². The lowest BCUT2D eigenvalue weighted by molar-refractivity contribution is 0.0932. The third kappa shape index (κ3) is 4.54. The van der Waals surface area contributed by atoms with Crippen LogP contribution in [0.2, 0.25) is 0 Å². The van der Waals surface area contributed by atoms with Crippen molar-refractivity contribution in [1.29, 1.82) is 0 Å². The number of aryl methyl sites for hydroxylation is 1. The summed E-state index contributed by atoms with van der Waals surface area (Å²) in [4.78, 5) is 18.3. The number of benzene rings is 1. The summed E-state index contributed by atoms with van der Waals surface area (Å²) in [6.45, 7) is 2.62. The van der Waals surface area contributed by atoms with Crippen molar-refractivity contribution in [1.82, 2.24) is 10.3 Å². The normalized spacial score (nSPS) is 12.1. The highest BCUT2D eigenvalue weighted by Gasteiger charge is 2.20. The lowest BCUT2D eigenvalue weighted by Gasteiger charge is -2.18. The fourth-order valence-electron chi connectivity index (χ4n) is 2.69. The Morgan fingerprint density at radius 3 is 2.72 bits per heavy atom. The van der Waals surface area contributed by atoms with Crippen LogP contribution in [0.3, 0.4) is 0 Å². The van der Waals surface area contributed by atoms with Gasteiger partial charge in [0.25, 0.3) is 5.91 Å². The summed E-state index contributed by atoms with van der Waals surface area (Å²) in [5, 5.41) is 7.94. The molecular formula is C19H21N3OS2. The van der Waals surface area contributed by atoms with Crippen molar-refractivity contribution in [2.75, 3.05) is 6.54 Å². The molecule has 25 heavy (non-hydrogen) atoms. The first kappa shape index (κ1) is 17.8. The van der Waals surface area contributed by atoms with Crippen LogP contribution in [-0.2, 0) is 12.8 Å². The first-order valence-corrected chi connectivity index (χ1v) is 9.96. The number of carbonyl (C=O) groups excluding carboxylic acids is 1. The molecule has 2 aromatic heterocycles. The van der Waals surface area contributed by atoms with Crippen LogP contribution in [0.1, 0.15) is 37.5 Å². The average molecular weight is 372 g/mol. The Morgan fingerprint density at radius 1 is 1.24 bits per heavy atom. The quantitative estimate of drug-likeness (QED) is 0.665. The molecular weight excluding hydrogens is 350 g/mol. The first-order chi connectivity index (χ1) is 12.2. The topological polar surface area (TPSA) is 68.0 Å². The molecule has 4 nitrogen and oxygen atoms in total. The number of aromatic nitrogens is 1. The Morgan fingerprint density at radius 2 is 2.04 bits per heavy atom. The minimum absolute atomic E-state index is 0.0606. The highest BCUT2D eigenvalue weighted by molar-refractivity contribution is 7.10. The van der Waals surface area contributed by atoms with E-state index in [9.17, 15) is 4.79 Å². The van der Waals surface area contributed by atoms with Crippen molar-refractivity contribution in [3.8, 4) is 0 Å². The fourth-order valence-corrected chi connectivity index (χ4v) is 4.46. The van der Waals surface area contributed by atoms with E-state index in [1.807, 2.05) is 18.2 Å². The highest BCUT2D eigenvalue weighted by Crippen LogP contribution is 2.27. The fraction of sp³-hybridized carbons (Fsp3) is 0.263. The highest BCUT2D eigenvalue weighted by atomic mass is 32.1. The summed E-state index contributed by atoms with van der Waals surface area (Å²) in [6.07, 6.45) is 1.46. The molecule has 3 aromatic rings.